The molecule has 1 amide bonds. The fraction of sp³-hybridized carbons (Fsp3) is 0.182. The van der Waals surface area contributed by atoms with Gasteiger partial charge >= 0.3 is 0 Å². The zero-order valence-corrected chi connectivity index (χ0v) is 19.0. The second-order valence-electron chi connectivity index (χ2n) is 6.62. The van der Waals surface area contributed by atoms with Gasteiger partial charge in [-0.3, -0.25) is 4.79 Å². The molecule has 4 rings (SSSR count). The predicted molar refractivity (Wildman–Crippen MR) is 121 cm³/mol. The first-order valence-electron chi connectivity index (χ1n) is 9.71. The highest BCUT2D eigenvalue weighted by Gasteiger charge is 2.16. The average molecular weight is 498 g/mol. The van der Waals surface area contributed by atoms with Crippen molar-refractivity contribution in [2.75, 3.05) is 27.4 Å². The van der Waals surface area contributed by atoms with Crippen molar-refractivity contribution in [2.45, 2.75) is 0 Å². The lowest BCUT2D eigenvalue weighted by atomic mass is 10.2. The van der Waals surface area contributed by atoms with Crippen molar-refractivity contribution in [3.63, 3.8) is 0 Å². The Kier molecular flexibility index (Phi) is 6.50. The summed E-state index contributed by atoms with van der Waals surface area (Å²) < 4.78 is 18.8. The number of carbonyl (C=O) groups is 1. The van der Waals surface area contributed by atoms with Crippen LogP contribution in [0.4, 0.5) is 0 Å². The molecule has 0 unspecified atom stereocenters. The largest absolute Gasteiger partial charge is 0.497 e. The molecule has 0 saturated carbocycles. The van der Waals surface area contributed by atoms with Gasteiger partial charge in [-0.1, -0.05) is 12.1 Å². The molecule has 2 aromatic heterocycles. The molecular formula is C22H20BrN5O4. The van der Waals surface area contributed by atoms with E-state index >= 15 is 0 Å². The molecule has 0 radical (unpaired) electrons. The summed E-state index contributed by atoms with van der Waals surface area (Å²) >= 11 is 3.37. The minimum absolute atomic E-state index is 0.183. The lowest BCUT2D eigenvalue weighted by Crippen LogP contribution is -2.28. The van der Waals surface area contributed by atoms with Gasteiger partial charge in [0, 0.05) is 16.6 Å². The molecule has 0 saturated heterocycles. The summed E-state index contributed by atoms with van der Waals surface area (Å²) in [4.78, 5) is 12.3. The maximum Gasteiger partial charge on any atom is 0.252 e. The maximum atomic E-state index is 12.3. The molecule has 10 heteroatoms. The molecule has 4 aromatic rings. The van der Waals surface area contributed by atoms with Crippen LogP contribution in [0.1, 0.15) is 10.4 Å². The number of benzene rings is 2. The van der Waals surface area contributed by atoms with Gasteiger partial charge in [0.15, 0.2) is 11.5 Å². The summed E-state index contributed by atoms with van der Waals surface area (Å²) in [6, 6.07) is 16.1. The number of nitrogens with one attached hydrogen (secondary N) is 1. The number of amides is 1. The van der Waals surface area contributed by atoms with Crippen molar-refractivity contribution >= 4 is 27.5 Å². The Hall–Kier alpha value is -3.66. The van der Waals surface area contributed by atoms with E-state index < -0.39 is 0 Å². The summed E-state index contributed by atoms with van der Waals surface area (Å²) in [6.45, 7) is 0.569. The van der Waals surface area contributed by atoms with E-state index in [4.69, 9.17) is 14.2 Å². The van der Waals surface area contributed by atoms with Gasteiger partial charge in [0.1, 0.15) is 18.1 Å². The van der Waals surface area contributed by atoms with Crippen LogP contribution in [0.15, 0.2) is 59.1 Å². The van der Waals surface area contributed by atoms with Gasteiger partial charge in [-0.25, -0.2) is 0 Å². The summed E-state index contributed by atoms with van der Waals surface area (Å²) in [7, 11) is 3.17. The van der Waals surface area contributed by atoms with Crippen LogP contribution in [0, 0.1) is 0 Å². The Morgan fingerprint density at radius 2 is 1.91 bits per heavy atom. The van der Waals surface area contributed by atoms with E-state index in [-0.39, 0.29) is 12.5 Å². The van der Waals surface area contributed by atoms with Gasteiger partial charge in [0.2, 0.25) is 5.88 Å². The van der Waals surface area contributed by atoms with Crippen molar-refractivity contribution in [2.24, 2.45) is 0 Å². The molecule has 0 fully saturated rings. The second-order valence-corrected chi connectivity index (χ2v) is 7.47. The van der Waals surface area contributed by atoms with E-state index in [1.54, 1.807) is 43.0 Å². The first kappa shape index (κ1) is 21.6. The lowest BCUT2D eigenvalue weighted by molar-refractivity contribution is 0.0945. The van der Waals surface area contributed by atoms with E-state index in [9.17, 15) is 4.79 Å². The molecule has 164 valence electrons. The number of fused-ring (bicyclic) bond motifs is 1. The minimum Gasteiger partial charge on any atom is -0.497 e. The fourth-order valence-electron chi connectivity index (χ4n) is 3.06. The molecular weight excluding hydrogens is 478 g/mol. The lowest BCUT2D eigenvalue weighted by Gasteiger charge is -2.10. The van der Waals surface area contributed by atoms with Gasteiger partial charge in [0.05, 0.1) is 31.9 Å². The predicted octanol–water partition coefficient (Wildman–Crippen LogP) is 3.38. The normalized spacial score (nSPS) is 10.7. The first-order valence-corrected chi connectivity index (χ1v) is 10.5. The topological polar surface area (TPSA) is 99.9 Å². The van der Waals surface area contributed by atoms with Crippen LogP contribution < -0.4 is 19.5 Å². The van der Waals surface area contributed by atoms with Crippen molar-refractivity contribution in [3.05, 3.63) is 64.6 Å². The number of methoxy groups -OCH3 is 2. The molecule has 0 spiro atoms. The molecule has 32 heavy (non-hydrogen) atoms. The van der Waals surface area contributed by atoms with Gasteiger partial charge in [-0.15, -0.1) is 15.3 Å². The Morgan fingerprint density at radius 3 is 2.69 bits per heavy atom. The monoisotopic (exact) mass is 497 g/mol. The van der Waals surface area contributed by atoms with Gasteiger partial charge in [-0.05, 0) is 46.3 Å². The number of rotatable bonds is 8. The smallest absolute Gasteiger partial charge is 0.252 e. The molecule has 0 aliphatic rings. The van der Waals surface area contributed by atoms with E-state index in [0.717, 1.165) is 4.47 Å². The van der Waals surface area contributed by atoms with Crippen LogP contribution in [0.2, 0.25) is 0 Å². The Labute approximate surface area is 192 Å². The summed E-state index contributed by atoms with van der Waals surface area (Å²) in [6.07, 6.45) is 0. The zero-order chi connectivity index (χ0) is 22.5. The highest BCUT2D eigenvalue weighted by Crippen LogP contribution is 2.32. The number of hydrogen-bond acceptors (Lipinski definition) is 7. The SMILES string of the molecule is COc1ccc(-c2nnc3ccc(OCCNC(=O)c4ccccc4Br)nn23)c(OC)c1. The molecule has 2 heterocycles. The number of nitrogens with zero attached hydrogens (tertiary/aromatic N) is 4. The highest BCUT2D eigenvalue weighted by molar-refractivity contribution is 9.10. The number of carbonyl (C=O) groups excluding carboxylic acids is 1. The highest BCUT2D eigenvalue weighted by atomic mass is 79.9. The van der Waals surface area contributed by atoms with Crippen molar-refractivity contribution in [1.82, 2.24) is 25.1 Å². The van der Waals surface area contributed by atoms with Crippen LogP contribution in [0.5, 0.6) is 17.4 Å². The summed E-state index contributed by atoms with van der Waals surface area (Å²) in [5.41, 5.74) is 1.84. The Morgan fingerprint density at radius 1 is 1.06 bits per heavy atom. The standard InChI is InChI=1S/C22H20BrN5O4/c1-30-14-7-8-16(18(13-14)31-2)21-26-25-19-9-10-20(27-28(19)21)32-12-11-24-22(29)15-5-3-4-6-17(15)23/h3-10,13H,11-12H2,1-2H3,(H,24,29). The third kappa shape index (κ3) is 4.50. The summed E-state index contributed by atoms with van der Waals surface area (Å²) in [5.74, 6) is 1.95. The molecule has 1 N–H and O–H groups in total. The first-order chi connectivity index (χ1) is 15.6. The van der Waals surface area contributed by atoms with Crippen LogP contribution in [-0.2, 0) is 0 Å². The van der Waals surface area contributed by atoms with Crippen molar-refractivity contribution < 1.29 is 19.0 Å². The molecule has 0 bridgehead atoms. The van der Waals surface area contributed by atoms with Gasteiger partial charge < -0.3 is 19.5 Å². The van der Waals surface area contributed by atoms with E-state index in [2.05, 4.69) is 36.5 Å². The van der Waals surface area contributed by atoms with Crippen LogP contribution in [0.3, 0.4) is 0 Å². The van der Waals surface area contributed by atoms with E-state index in [0.29, 0.717) is 46.5 Å². The minimum atomic E-state index is -0.183. The Balaban J connectivity index is 1.46. The molecule has 0 aliphatic heterocycles. The van der Waals surface area contributed by atoms with Crippen LogP contribution >= 0.6 is 15.9 Å². The van der Waals surface area contributed by atoms with Crippen molar-refractivity contribution in [3.8, 4) is 28.8 Å². The number of halogens is 1. The molecule has 9 nitrogen and oxygen atoms in total. The molecule has 0 aliphatic carbocycles. The maximum absolute atomic E-state index is 12.3. The number of ether oxygens (including phenoxy) is 3. The second kappa shape index (κ2) is 9.65. The van der Waals surface area contributed by atoms with Crippen LogP contribution in [-0.4, -0.2) is 53.1 Å². The summed E-state index contributed by atoms with van der Waals surface area (Å²) in [5, 5.41) is 15.7. The third-order valence-electron chi connectivity index (χ3n) is 4.64. The molecule has 0 atom stereocenters. The third-order valence-corrected chi connectivity index (χ3v) is 5.34. The average Bonchev–Trinajstić information content (AvgIpc) is 3.24. The zero-order valence-electron chi connectivity index (χ0n) is 17.4. The Bertz CT molecular complexity index is 1260. The number of hydrogen-bond donors (Lipinski definition) is 1. The van der Waals surface area contributed by atoms with Gasteiger partial charge in [0.25, 0.3) is 5.91 Å². The fourth-order valence-corrected chi connectivity index (χ4v) is 3.53. The van der Waals surface area contributed by atoms with E-state index in [1.807, 2.05) is 30.3 Å². The van der Waals surface area contributed by atoms with E-state index in [1.165, 1.54) is 0 Å². The molecule has 2 aromatic carbocycles. The quantitative estimate of drug-likeness (QED) is 0.372. The van der Waals surface area contributed by atoms with Crippen LogP contribution in [0.25, 0.3) is 17.0 Å². The van der Waals surface area contributed by atoms with Gasteiger partial charge in [-0.2, -0.15) is 4.52 Å². The number of aromatic nitrogens is 4. The van der Waals surface area contributed by atoms with Crippen molar-refractivity contribution in [1.29, 1.82) is 0 Å².